The first kappa shape index (κ1) is 21.8. The van der Waals surface area contributed by atoms with Gasteiger partial charge in [0.25, 0.3) is 5.91 Å². The van der Waals surface area contributed by atoms with Crippen molar-refractivity contribution in [1.29, 1.82) is 0 Å². The molecule has 1 aliphatic heterocycles. The molecule has 0 aliphatic carbocycles. The molecule has 6 nitrogen and oxygen atoms in total. The average molecular weight is 410 g/mol. The van der Waals surface area contributed by atoms with E-state index in [0.29, 0.717) is 11.1 Å². The number of Topliss-reactive ketones (excluding diaryl/α,β-unsaturated/α-hetero) is 1. The number of aryl methyl sites for hydroxylation is 2. The number of aromatic nitrogens is 1. The molecule has 0 saturated carbocycles. The van der Waals surface area contributed by atoms with Gasteiger partial charge in [0.05, 0.1) is 6.54 Å². The van der Waals surface area contributed by atoms with Gasteiger partial charge in [-0.3, -0.25) is 14.5 Å². The lowest BCUT2D eigenvalue weighted by Crippen LogP contribution is -2.41. The second kappa shape index (κ2) is 8.09. The summed E-state index contributed by atoms with van der Waals surface area (Å²) in [5.41, 5.74) is 3.13. The predicted octanol–water partition coefficient (Wildman–Crippen LogP) is 4.29. The molecule has 1 aromatic carbocycles. The van der Waals surface area contributed by atoms with E-state index in [1.807, 2.05) is 44.2 Å². The van der Waals surface area contributed by atoms with Crippen LogP contribution < -0.4 is 5.32 Å². The Bertz CT molecular complexity index is 988. The van der Waals surface area contributed by atoms with Crippen molar-refractivity contribution in [2.75, 3.05) is 6.54 Å². The highest BCUT2D eigenvalue weighted by Gasteiger charge is 2.49. The third kappa shape index (κ3) is 3.66. The summed E-state index contributed by atoms with van der Waals surface area (Å²) in [7, 11) is 0. The van der Waals surface area contributed by atoms with Crippen LogP contribution in [-0.2, 0) is 16.8 Å². The average Bonchev–Trinajstić information content (AvgIpc) is 3.10. The first-order chi connectivity index (χ1) is 14.1. The lowest BCUT2D eigenvalue weighted by molar-refractivity contribution is -0.130. The summed E-state index contributed by atoms with van der Waals surface area (Å²) in [6.45, 7) is 11.5. The third-order valence-electron chi connectivity index (χ3n) is 5.95. The molecule has 0 radical (unpaired) electrons. The number of urea groups is 1. The standard InChI is InChI=1S/C24H31N3O3/c1-7-8-18-9-11-19(12-10-18)24(6)22(29)26(23(30)25-24)14-21(28)20-13-16(4)27(15(2)3)17(20)5/h9-13,15H,7-8,14H2,1-6H3,(H,25,30). The minimum absolute atomic E-state index is 0.224. The fourth-order valence-electron chi connectivity index (χ4n) is 4.41. The molecule has 1 fully saturated rings. The summed E-state index contributed by atoms with van der Waals surface area (Å²) in [5, 5.41) is 2.78. The Labute approximate surface area is 178 Å². The second-order valence-electron chi connectivity index (χ2n) is 8.57. The molecule has 3 rings (SSSR count). The van der Waals surface area contributed by atoms with E-state index in [4.69, 9.17) is 0 Å². The Morgan fingerprint density at radius 3 is 2.30 bits per heavy atom. The number of benzene rings is 1. The smallest absolute Gasteiger partial charge is 0.325 e. The van der Waals surface area contributed by atoms with Gasteiger partial charge in [0.15, 0.2) is 5.78 Å². The number of rotatable bonds is 7. The monoisotopic (exact) mass is 409 g/mol. The molecule has 0 spiro atoms. The number of hydrogen-bond acceptors (Lipinski definition) is 3. The minimum atomic E-state index is -1.17. The molecule has 6 heteroatoms. The number of carbonyl (C=O) groups excluding carboxylic acids is 3. The van der Waals surface area contributed by atoms with Crippen LogP contribution in [0, 0.1) is 13.8 Å². The normalized spacial score (nSPS) is 19.0. The van der Waals surface area contributed by atoms with E-state index in [9.17, 15) is 14.4 Å². The van der Waals surface area contributed by atoms with Crippen molar-refractivity contribution < 1.29 is 14.4 Å². The number of carbonyl (C=O) groups is 3. The maximum atomic E-state index is 13.2. The van der Waals surface area contributed by atoms with E-state index in [-0.39, 0.29) is 18.4 Å². The molecule has 2 aromatic rings. The number of hydrogen-bond donors (Lipinski definition) is 1. The summed E-state index contributed by atoms with van der Waals surface area (Å²) in [4.78, 5) is 39.8. The quantitative estimate of drug-likeness (QED) is 0.548. The summed E-state index contributed by atoms with van der Waals surface area (Å²) in [5.74, 6) is -0.636. The summed E-state index contributed by atoms with van der Waals surface area (Å²) >= 11 is 0. The lowest BCUT2D eigenvalue weighted by atomic mass is 9.91. The number of imide groups is 1. The SMILES string of the molecule is CCCc1ccc(C2(C)NC(=O)N(CC(=O)c3cc(C)n(C(C)C)c3C)C2=O)cc1. The molecule has 160 valence electrons. The largest absolute Gasteiger partial charge is 0.346 e. The number of amides is 3. The van der Waals surface area contributed by atoms with Crippen LogP contribution in [0.25, 0.3) is 0 Å². The molecule has 3 amide bonds. The van der Waals surface area contributed by atoms with Crippen LogP contribution >= 0.6 is 0 Å². The first-order valence-electron chi connectivity index (χ1n) is 10.5. The zero-order valence-electron chi connectivity index (χ0n) is 18.7. The molecular formula is C24H31N3O3. The van der Waals surface area contributed by atoms with E-state index in [1.54, 1.807) is 6.92 Å². The molecule has 1 saturated heterocycles. The van der Waals surface area contributed by atoms with Crippen molar-refractivity contribution in [2.45, 2.75) is 66.0 Å². The van der Waals surface area contributed by atoms with Gasteiger partial charge in [0, 0.05) is 23.0 Å². The van der Waals surface area contributed by atoms with Crippen LogP contribution in [0.1, 0.15) is 73.0 Å². The Morgan fingerprint density at radius 2 is 1.77 bits per heavy atom. The van der Waals surface area contributed by atoms with E-state index >= 15 is 0 Å². The predicted molar refractivity (Wildman–Crippen MR) is 117 cm³/mol. The van der Waals surface area contributed by atoms with Gasteiger partial charge in [0.2, 0.25) is 0 Å². The van der Waals surface area contributed by atoms with Gasteiger partial charge in [0.1, 0.15) is 5.54 Å². The topological polar surface area (TPSA) is 71.4 Å². The van der Waals surface area contributed by atoms with E-state index in [2.05, 4.69) is 30.7 Å². The first-order valence-corrected chi connectivity index (χ1v) is 10.5. The van der Waals surface area contributed by atoms with E-state index in [1.165, 1.54) is 5.56 Å². The fraction of sp³-hybridized carbons (Fsp3) is 0.458. The summed E-state index contributed by atoms with van der Waals surface area (Å²) in [6, 6.07) is 9.25. The maximum absolute atomic E-state index is 13.2. The fourth-order valence-corrected chi connectivity index (χ4v) is 4.41. The van der Waals surface area contributed by atoms with Crippen LogP contribution in [0.2, 0.25) is 0 Å². The summed E-state index contributed by atoms with van der Waals surface area (Å²) in [6.07, 6.45) is 2.01. The molecule has 2 heterocycles. The molecular weight excluding hydrogens is 378 g/mol. The highest BCUT2D eigenvalue weighted by atomic mass is 16.2. The molecule has 1 aliphatic rings. The third-order valence-corrected chi connectivity index (χ3v) is 5.95. The van der Waals surface area contributed by atoms with Crippen molar-refractivity contribution in [3.8, 4) is 0 Å². The van der Waals surface area contributed by atoms with Crippen LogP contribution in [0.3, 0.4) is 0 Å². The van der Waals surface area contributed by atoms with Gasteiger partial charge in [-0.1, -0.05) is 37.6 Å². The number of nitrogens with one attached hydrogen (secondary N) is 1. The Morgan fingerprint density at radius 1 is 1.13 bits per heavy atom. The van der Waals surface area contributed by atoms with Crippen molar-refractivity contribution in [3.63, 3.8) is 0 Å². The Hall–Kier alpha value is -2.89. The van der Waals surface area contributed by atoms with Crippen molar-refractivity contribution >= 4 is 17.7 Å². The summed E-state index contributed by atoms with van der Waals surface area (Å²) < 4.78 is 2.08. The van der Waals surface area contributed by atoms with Crippen LogP contribution in [0.5, 0.6) is 0 Å². The van der Waals surface area contributed by atoms with Crippen molar-refractivity contribution in [1.82, 2.24) is 14.8 Å². The molecule has 30 heavy (non-hydrogen) atoms. The van der Waals surface area contributed by atoms with Gasteiger partial charge in [-0.15, -0.1) is 0 Å². The number of ketones is 1. The van der Waals surface area contributed by atoms with Crippen molar-refractivity contribution in [3.05, 3.63) is 58.4 Å². The zero-order chi connectivity index (χ0) is 22.2. The molecule has 1 aromatic heterocycles. The zero-order valence-corrected chi connectivity index (χ0v) is 18.7. The van der Waals surface area contributed by atoms with Gasteiger partial charge in [-0.2, -0.15) is 0 Å². The van der Waals surface area contributed by atoms with Gasteiger partial charge in [-0.25, -0.2) is 4.79 Å². The minimum Gasteiger partial charge on any atom is -0.346 e. The molecule has 0 bridgehead atoms. The van der Waals surface area contributed by atoms with E-state index < -0.39 is 17.5 Å². The van der Waals surface area contributed by atoms with Crippen LogP contribution in [0.4, 0.5) is 4.79 Å². The van der Waals surface area contributed by atoms with E-state index in [0.717, 1.165) is 29.1 Å². The lowest BCUT2D eigenvalue weighted by Gasteiger charge is -2.22. The second-order valence-corrected chi connectivity index (χ2v) is 8.57. The van der Waals surface area contributed by atoms with Gasteiger partial charge in [-0.05, 0) is 58.2 Å². The van der Waals surface area contributed by atoms with Crippen LogP contribution in [-0.4, -0.2) is 33.7 Å². The van der Waals surface area contributed by atoms with Gasteiger partial charge >= 0.3 is 6.03 Å². The molecule has 1 N–H and O–H groups in total. The Kier molecular flexibility index (Phi) is 5.88. The highest BCUT2D eigenvalue weighted by molar-refractivity contribution is 6.11. The number of nitrogens with zero attached hydrogens (tertiary/aromatic N) is 2. The van der Waals surface area contributed by atoms with Gasteiger partial charge < -0.3 is 9.88 Å². The maximum Gasteiger partial charge on any atom is 0.325 e. The highest BCUT2D eigenvalue weighted by Crippen LogP contribution is 2.30. The van der Waals surface area contributed by atoms with Crippen molar-refractivity contribution in [2.24, 2.45) is 0 Å². The van der Waals surface area contributed by atoms with Crippen LogP contribution in [0.15, 0.2) is 30.3 Å². The molecule has 1 unspecified atom stereocenters. The Balaban J connectivity index is 1.83. The molecule has 1 atom stereocenters.